The van der Waals surface area contributed by atoms with Crippen LogP contribution < -0.4 is 4.74 Å². The molecule has 0 saturated carbocycles. The summed E-state index contributed by atoms with van der Waals surface area (Å²) in [7, 11) is 0. The van der Waals surface area contributed by atoms with Crippen LogP contribution >= 0.6 is 15.9 Å². The van der Waals surface area contributed by atoms with E-state index < -0.39 is 17.7 Å². The lowest BCUT2D eigenvalue weighted by Crippen LogP contribution is -2.06. The maximum atomic E-state index is 13.2. The number of nitrogens with zero attached hydrogens (tertiary/aromatic N) is 1. The zero-order valence-electron chi connectivity index (χ0n) is 11.4. The minimum absolute atomic E-state index is 0.408. The Bertz CT molecular complexity index is 626. The van der Waals surface area contributed by atoms with E-state index in [4.69, 9.17) is 4.74 Å². The third-order valence-corrected chi connectivity index (χ3v) is 3.60. The first-order valence-corrected chi connectivity index (χ1v) is 6.92. The molecule has 0 bridgehead atoms. The van der Waals surface area contributed by atoms with Crippen LogP contribution in [0.3, 0.4) is 0 Å². The van der Waals surface area contributed by atoms with Gasteiger partial charge in [0.1, 0.15) is 17.7 Å². The summed E-state index contributed by atoms with van der Waals surface area (Å²) >= 11 is 3.38. The van der Waals surface area contributed by atoms with Gasteiger partial charge in [-0.1, -0.05) is 0 Å². The normalized spacial score (nSPS) is 12.3. The molecule has 2 aromatic rings. The quantitative estimate of drug-likeness (QED) is 0.793. The molecule has 1 aromatic heterocycles. The topological polar surface area (TPSA) is 22.1 Å². The fourth-order valence-corrected chi connectivity index (χ4v) is 2.30. The van der Waals surface area contributed by atoms with E-state index in [1.807, 2.05) is 19.9 Å². The number of benzene rings is 1. The third kappa shape index (κ3) is 3.33. The maximum absolute atomic E-state index is 13.2. The van der Waals surface area contributed by atoms with Gasteiger partial charge in [-0.15, -0.1) is 0 Å². The molecule has 106 valence electrons. The summed E-state index contributed by atoms with van der Waals surface area (Å²) in [6.07, 6.45) is -0.508. The molecule has 0 spiro atoms. The summed E-state index contributed by atoms with van der Waals surface area (Å²) in [5.41, 5.74) is 2.31. The molecule has 0 saturated heterocycles. The molecule has 2 nitrogen and oxygen atoms in total. The van der Waals surface area contributed by atoms with Gasteiger partial charge >= 0.3 is 0 Å². The number of pyridine rings is 1. The molecule has 0 aliphatic heterocycles. The molecule has 1 unspecified atom stereocenters. The fraction of sp³-hybridized carbons (Fsp3) is 0.267. The number of halogens is 3. The van der Waals surface area contributed by atoms with Gasteiger partial charge in [0.05, 0.1) is 4.47 Å². The van der Waals surface area contributed by atoms with Gasteiger partial charge in [-0.05, 0) is 66.0 Å². The Morgan fingerprint density at radius 1 is 1.10 bits per heavy atom. The van der Waals surface area contributed by atoms with Crippen LogP contribution in [0.4, 0.5) is 8.78 Å². The summed E-state index contributed by atoms with van der Waals surface area (Å²) in [5, 5.41) is 0. The van der Waals surface area contributed by atoms with E-state index in [-0.39, 0.29) is 0 Å². The van der Waals surface area contributed by atoms with Crippen LogP contribution in [-0.4, -0.2) is 4.98 Å². The summed E-state index contributed by atoms with van der Waals surface area (Å²) in [5.74, 6) is -0.838. The van der Waals surface area contributed by atoms with Crippen LogP contribution in [0.2, 0.25) is 0 Å². The lowest BCUT2D eigenvalue weighted by atomic mass is 10.1. The van der Waals surface area contributed by atoms with Gasteiger partial charge in [0.2, 0.25) is 5.88 Å². The van der Waals surface area contributed by atoms with E-state index in [1.54, 1.807) is 6.92 Å². The van der Waals surface area contributed by atoms with Gasteiger partial charge in [0.15, 0.2) is 0 Å². The van der Waals surface area contributed by atoms with Crippen molar-refractivity contribution in [2.75, 3.05) is 0 Å². The van der Waals surface area contributed by atoms with E-state index in [9.17, 15) is 8.78 Å². The van der Waals surface area contributed by atoms with Crippen molar-refractivity contribution >= 4 is 15.9 Å². The second-order valence-electron chi connectivity index (χ2n) is 4.64. The van der Waals surface area contributed by atoms with Crippen LogP contribution in [-0.2, 0) is 0 Å². The highest BCUT2D eigenvalue weighted by molar-refractivity contribution is 9.10. The molecule has 1 atom stereocenters. The summed E-state index contributed by atoms with van der Waals surface area (Å²) in [6.45, 7) is 5.54. The largest absolute Gasteiger partial charge is 0.469 e. The molecular formula is C15H14BrF2NO. The number of aryl methyl sites for hydroxylation is 2. The van der Waals surface area contributed by atoms with Crippen LogP contribution in [0.1, 0.15) is 29.8 Å². The molecule has 1 aromatic carbocycles. The zero-order valence-corrected chi connectivity index (χ0v) is 13.0. The van der Waals surface area contributed by atoms with E-state index in [1.165, 1.54) is 12.1 Å². The summed E-state index contributed by atoms with van der Waals surface area (Å²) in [6, 6.07) is 5.24. The van der Waals surface area contributed by atoms with Crippen LogP contribution in [0.5, 0.6) is 5.88 Å². The van der Waals surface area contributed by atoms with Crippen molar-refractivity contribution in [3.8, 4) is 5.88 Å². The van der Waals surface area contributed by atoms with Crippen molar-refractivity contribution in [3.05, 3.63) is 57.2 Å². The summed E-state index contributed by atoms with van der Waals surface area (Å²) < 4.78 is 32.8. The van der Waals surface area contributed by atoms with E-state index >= 15 is 0 Å². The lowest BCUT2D eigenvalue weighted by Gasteiger charge is -2.16. The van der Waals surface area contributed by atoms with Crippen molar-refractivity contribution in [1.29, 1.82) is 0 Å². The molecule has 0 amide bonds. The van der Waals surface area contributed by atoms with E-state index in [0.717, 1.165) is 17.3 Å². The molecule has 0 radical (unpaired) electrons. The minimum Gasteiger partial charge on any atom is -0.469 e. The molecule has 20 heavy (non-hydrogen) atoms. The second-order valence-corrected chi connectivity index (χ2v) is 5.49. The number of aromatic nitrogens is 1. The molecule has 1 heterocycles. The van der Waals surface area contributed by atoms with Crippen LogP contribution in [0, 0.1) is 25.5 Å². The molecule has 2 rings (SSSR count). The highest BCUT2D eigenvalue weighted by atomic mass is 79.9. The first-order chi connectivity index (χ1) is 9.36. The Labute approximate surface area is 124 Å². The number of rotatable bonds is 3. The zero-order chi connectivity index (χ0) is 14.9. The van der Waals surface area contributed by atoms with Crippen LogP contribution in [0.25, 0.3) is 0 Å². The smallest absolute Gasteiger partial charge is 0.228 e. The van der Waals surface area contributed by atoms with E-state index in [0.29, 0.717) is 15.9 Å². The monoisotopic (exact) mass is 341 g/mol. The standard InChI is InChI=1S/C15H14BrF2NO/c1-8-4-14(16)15(19-9(8)2)20-10(3)11-5-12(17)7-13(18)6-11/h4-7,10H,1-3H3. The van der Waals surface area contributed by atoms with Gasteiger partial charge < -0.3 is 4.74 Å². The average molecular weight is 342 g/mol. The Kier molecular flexibility index (Phi) is 4.38. The molecular weight excluding hydrogens is 328 g/mol. The van der Waals surface area contributed by atoms with E-state index in [2.05, 4.69) is 20.9 Å². The van der Waals surface area contributed by atoms with Crippen molar-refractivity contribution in [2.24, 2.45) is 0 Å². The van der Waals surface area contributed by atoms with Crippen LogP contribution in [0.15, 0.2) is 28.7 Å². The highest BCUT2D eigenvalue weighted by Gasteiger charge is 2.14. The lowest BCUT2D eigenvalue weighted by molar-refractivity contribution is 0.214. The van der Waals surface area contributed by atoms with Crippen molar-refractivity contribution < 1.29 is 13.5 Å². The molecule has 0 N–H and O–H groups in total. The predicted octanol–water partition coefficient (Wildman–Crippen LogP) is 4.88. The second kappa shape index (κ2) is 5.87. The first kappa shape index (κ1) is 14.9. The molecule has 0 aliphatic rings. The first-order valence-electron chi connectivity index (χ1n) is 6.13. The third-order valence-electron chi connectivity index (χ3n) is 3.03. The Morgan fingerprint density at radius 3 is 2.30 bits per heavy atom. The highest BCUT2D eigenvalue weighted by Crippen LogP contribution is 2.29. The van der Waals surface area contributed by atoms with Gasteiger partial charge in [0, 0.05) is 11.8 Å². The molecule has 0 aliphatic carbocycles. The van der Waals surface area contributed by atoms with Gasteiger partial charge in [0.25, 0.3) is 0 Å². The van der Waals surface area contributed by atoms with Crippen molar-refractivity contribution in [1.82, 2.24) is 4.98 Å². The van der Waals surface area contributed by atoms with Gasteiger partial charge in [-0.25, -0.2) is 13.8 Å². The Balaban J connectivity index is 2.27. The molecule has 0 fully saturated rings. The Hall–Kier alpha value is -1.49. The van der Waals surface area contributed by atoms with Crippen molar-refractivity contribution in [2.45, 2.75) is 26.9 Å². The maximum Gasteiger partial charge on any atom is 0.228 e. The predicted molar refractivity (Wildman–Crippen MR) is 76.8 cm³/mol. The Morgan fingerprint density at radius 2 is 1.70 bits per heavy atom. The molecule has 5 heteroatoms. The minimum atomic E-state index is -0.623. The van der Waals surface area contributed by atoms with Gasteiger partial charge in [-0.3, -0.25) is 0 Å². The number of hydrogen-bond acceptors (Lipinski definition) is 2. The summed E-state index contributed by atoms with van der Waals surface area (Å²) in [4.78, 5) is 4.33. The number of hydrogen-bond donors (Lipinski definition) is 0. The fourth-order valence-electron chi connectivity index (χ4n) is 1.78. The number of ether oxygens (including phenoxy) is 1. The average Bonchev–Trinajstić information content (AvgIpc) is 2.34. The van der Waals surface area contributed by atoms with Gasteiger partial charge in [-0.2, -0.15) is 0 Å². The van der Waals surface area contributed by atoms with Crippen molar-refractivity contribution in [3.63, 3.8) is 0 Å². The SMILES string of the molecule is Cc1cc(Br)c(OC(C)c2cc(F)cc(F)c2)nc1C.